The number of rotatable bonds is 1. The number of carboxylic acid groups (broad SMARTS) is 1. The second-order valence-electron chi connectivity index (χ2n) is 1.92. The molecule has 0 amide bonds. The minimum Gasteiger partial charge on any atom is -0.481 e. The molecule has 0 saturated carbocycles. The van der Waals surface area contributed by atoms with E-state index < -0.39 is 5.97 Å². The first-order valence-electron chi connectivity index (χ1n) is 3.40. The van der Waals surface area contributed by atoms with Crippen LogP contribution in [0.1, 0.15) is 13.3 Å². The molecule has 10 heavy (non-hydrogen) atoms. The summed E-state index contributed by atoms with van der Waals surface area (Å²) in [6.07, 6.45) is 0.222. The van der Waals surface area contributed by atoms with Gasteiger partial charge in [0.15, 0.2) is 0 Å². The highest BCUT2D eigenvalue weighted by Gasteiger charge is 1.90. The lowest BCUT2D eigenvalue weighted by molar-refractivity contribution is -0.136. The number of nitrogens with one attached hydrogen (secondary N) is 2. The monoisotopic (exact) mass is 146 g/mol. The van der Waals surface area contributed by atoms with Crippen LogP contribution in [0.5, 0.6) is 0 Å². The zero-order valence-corrected chi connectivity index (χ0v) is 6.18. The minimum absolute atomic E-state index is 0.222. The van der Waals surface area contributed by atoms with Crippen molar-refractivity contribution in [3.8, 4) is 0 Å². The Balaban J connectivity index is 0.000000162. The van der Waals surface area contributed by atoms with Gasteiger partial charge < -0.3 is 15.7 Å². The van der Waals surface area contributed by atoms with E-state index in [4.69, 9.17) is 5.11 Å². The van der Waals surface area contributed by atoms with Gasteiger partial charge in [-0.25, -0.2) is 0 Å². The third kappa shape index (κ3) is 7.39. The van der Waals surface area contributed by atoms with Crippen molar-refractivity contribution in [2.24, 2.45) is 0 Å². The van der Waals surface area contributed by atoms with Crippen LogP contribution in [0.3, 0.4) is 0 Å². The van der Waals surface area contributed by atoms with Gasteiger partial charge in [-0.15, -0.1) is 0 Å². The van der Waals surface area contributed by atoms with E-state index in [1.807, 2.05) is 0 Å². The highest BCUT2D eigenvalue weighted by molar-refractivity contribution is 5.66. The molecule has 1 fully saturated rings. The topological polar surface area (TPSA) is 61.4 Å². The van der Waals surface area contributed by atoms with Gasteiger partial charge in [0.1, 0.15) is 0 Å². The van der Waals surface area contributed by atoms with Gasteiger partial charge in [-0.3, -0.25) is 4.79 Å². The number of carboxylic acids is 1. The first kappa shape index (κ1) is 9.39. The Morgan fingerprint density at radius 2 is 1.90 bits per heavy atom. The Kier molecular flexibility index (Phi) is 6.11. The van der Waals surface area contributed by atoms with Crippen molar-refractivity contribution in [3.63, 3.8) is 0 Å². The molecule has 4 nitrogen and oxygen atoms in total. The normalized spacial score (nSPS) is 15.7. The van der Waals surface area contributed by atoms with E-state index in [1.54, 1.807) is 6.92 Å². The molecule has 0 aromatic rings. The van der Waals surface area contributed by atoms with Gasteiger partial charge in [-0.2, -0.15) is 0 Å². The molecule has 3 N–H and O–H groups in total. The van der Waals surface area contributed by atoms with Crippen molar-refractivity contribution in [1.82, 2.24) is 10.6 Å². The quantitative estimate of drug-likeness (QED) is 0.472. The highest BCUT2D eigenvalue weighted by Crippen LogP contribution is 1.67. The molecule has 1 heterocycles. The Labute approximate surface area is 60.6 Å². The smallest absolute Gasteiger partial charge is 0.303 e. The van der Waals surface area contributed by atoms with Crippen molar-refractivity contribution >= 4 is 5.97 Å². The fourth-order valence-electron chi connectivity index (χ4n) is 0.442. The van der Waals surface area contributed by atoms with Crippen LogP contribution in [0, 0.1) is 0 Å². The van der Waals surface area contributed by atoms with E-state index >= 15 is 0 Å². The van der Waals surface area contributed by atoms with Crippen LogP contribution in [0.25, 0.3) is 0 Å². The maximum atomic E-state index is 9.37. The molecule has 0 unspecified atom stereocenters. The molecular weight excluding hydrogens is 132 g/mol. The summed E-state index contributed by atoms with van der Waals surface area (Å²) in [6.45, 7) is 4.88. The maximum absolute atomic E-state index is 9.37. The second kappa shape index (κ2) is 6.51. The molecule has 1 aliphatic heterocycles. The van der Waals surface area contributed by atoms with Crippen molar-refractivity contribution < 1.29 is 9.90 Å². The molecule has 4 heteroatoms. The Morgan fingerprint density at radius 3 is 2.00 bits per heavy atom. The van der Waals surface area contributed by atoms with E-state index in [0.717, 1.165) is 19.8 Å². The number of hydrogen-bond acceptors (Lipinski definition) is 3. The van der Waals surface area contributed by atoms with Crippen molar-refractivity contribution in [3.05, 3.63) is 0 Å². The van der Waals surface area contributed by atoms with Crippen molar-refractivity contribution in [2.45, 2.75) is 13.3 Å². The average molecular weight is 146 g/mol. The minimum atomic E-state index is -0.745. The first-order valence-corrected chi connectivity index (χ1v) is 3.40. The SMILES string of the molecule is C1CNCN1.CCC(=O)O. The van der Waals surface area contributed by atoms with Crippen LogP contribution in [0.4, 0.5) is 0 Å². The third-order valence-electron chi connectivity index (χ3n) is 1.03. The van der Waals surface area contributed by atoms with Gasteiger partial charge in [0, 0.05) is 26.2 Å². The van der Waals surface area contributed by atoms with Gasteiger partial charge >= 0.3 is 5.97 Å². The molecule has 0 bridgehead atoms. The molecule has 1 rings (SSSR count). The summed E-state index contributed by atoms with van der Waals surface area (Å²) < 4.78 is 0. The summed E-state index contributed by atoms with van der Waals surface area (Å²) in [4.78, 5) is 9.37. The van der Waals surface area contributed by atoms with E-state index in [-0.39, 0.29) is 6.42 Å². The summed E-state index contributed by atoms with van der Waals surface area (Å²) in [7, 11) is 0. The standard InChI is InChI=1S/C3H8N2.C3H6O2/c1-2-5-3-4-1;1-2-3(4)5/h4-5H,1-3H2;2H2,1H3,(H,4,5). The third-order valence-corrected chi connectivity index (χ3v) is 1.03. The zero-order chi connectivity index (χ0) is 7.82. The predicted molar refractivity (Wildman–Crippen MR) is 38.8 cm³/mol. The molecule has 0 spiro atoms. The summed E-state index contributed by atoms with van der Waals surface area (Å²) in [6, 6.07) is 0. The fourth-order valence-corrected chi connectivity index (χ4v) is 0.442. The zero-order valence-electron chi connectivity index (χ0n) is 6.18. The van der Waals surface area contributed by atoms with Crippen LogP contribution in [0.15, 0.2) is 0 Å². The Morgan fingerprint density at radius 1 is 1.50 bits per heavy atom. The molecule has 60 valence electrons. The van der Waals surface area contributed by atoms with Crippen LogP contribution in [-0.2, 0) is 4.79 Å². The van der Waals surface area contributed by atoms with Crippen LogP contribution in [-0.4, -0.2) is 30.8 Å². The molecule has 1 aliphatic rings. The second-order valence-corrected chi connectivity index (χ2v) is 1.92. The Hall–Kier alpha value is -0.610. The summed E-state index contributed by atoms with van der Waals surface area (Å²) in [5.41, 5.74) is 0. The van der Waals surface area contributed by atoms with Crippen molar-refractivity contribution in [2.75, 3.05) is 19.8 Å². The molecule has 1 saturated heterocycles. The highest BCUT2D eigenvalue weighted by atomic mass is 16.4. The van der Waals surface area contributed by atoms with Gasteiger partial charge in [0.2, 0.25) is 0 Å². The average Bonchev–Trinajstić information content (AvgIpc) is 2.43. The molecular formula is C6H14N2O2. The van der Waals surface area contributed by atoms with Gasteiger partial charge in [-0.1, -0.05) is 6.92 Å². The maximum Gasteiger partial charge on any atom is 0.303 e. The summed E-state index contributed by atoms with van der Waals surface area (Å²) in [5, 5.41) is 13.9. The molecule has 0 atom stereocenters. The largest absolute Gasteiger partial charge is 0.481 e. The predicted octanol–water partition coefficient (Wildman–Crippen LogP) is -0.382. The molecule has 0 aromatic carbocycles. The summed E-state index contributed by atoms with van der Waals surface area (Å²) in [5.74, 6) is -0.745. The lowest BCUT2D eigenvalue weighted by Crippen LogP contribution is -2.11. The number of hydrogen-bond donors (Lipinski definition) is 3. The fraction of sp³-hybridized carbons (Fsp3) is 0.833. The van der Waals surface area contributed by atoms with Gasteiger partial charge in [-0.05, 0) is 0 Å². The summed E-state index contributed by atoms with van der Waals surface area (Å²) >= 11 is 0. The van der Waals surface area contributed by atoms with Crippen LogP contribution < -0.4 is 10.6 Å². The van der Waals surface area contributed by atoms with Gasteiger partial charge in [0.05, 0.1) is 0 Å². The lowest BCUT2D eigenvalue weighted by Gasteiger charge is -1.77. The Bertz CT molecular complexity index is 84.1. The number of carbonyl (C=O) groups is 1. The molecule has 0 radical (unpaired) electrons. The molecule has 0 aliphatic carbocycles. The van der Waals surface area contributed by atoms with E-state index in [0.29, 0.717) is 0 Å². The first-order chi connectivity index (χ1) is 4.77. The lowest BCUT2D eigenvalue weighted by atomic mass is 10.5. The number of aliphatic carboxylic acids is 1. The van der Waals surface area contributed by atoms with E-state index in [9.17, 15) is 4.79 Å². The van der Waals surface area contributed by atoms with E-state index in [2.05, 4.69) is 10.6 Å². The van der Waals surface area contributed by atoms with Crippen LogP contribution in [0.2, 0.25) is 0 Å². The van der Waals surface area contributed by atoms with Crippen molar-refractivity contribution in [1.29, 1.82) is 0 Å². The molecule has 0 aromatic heterocycles. The van der Waals surface area contributed by atoms with Crippen LogP contribution >= 0.6 is 0 Å². The van der Waals surface area contributed by atoms with E-state index in [1.165, 1.54) is 0 Å². The van der Waals surface area contributed by atoms with Gasteiger partial charge in [0.25, 0.3) is 0 Å².